The minimum absolute atomic E-state index is 0.166. The fourth-order valence-electron chi connectivity index (χ4n) is 2.83. The molecule has 0 atom stereocenters. The minimum atomic E-state index is -0.166. The molecule has 1 fully saturated rings. The Bertz CT molecular complexity index is 727. The SMILES string of the molecule is CC(C)Nc1cncc(C(=O)Nc2ccccc2N2CCOCC2)c1. The van der Waals surface area contributed by atoms with Crippen molar-refractivity contribution in [3.63, 3.8) is 0 Å². The molecular weight excluding hydrogens is 316 g/mol. The third-order valence-corrected chi connectivity index (χ3v) is 3.96. The molecular formula is C19H24N4O2. The van der Waals surface area contributed by atoms with Crippen LogP contribution in [0.5, 0.6) is 0 Å². The van der Waals surface area contributed by atoms with Crippen molar-refractivity contribution in [2.75, 3.05) is 41.8 Å². The first kappa shape index (κ1) is 17.2. The Morgan fingerprint density at radius 1 is 1.20 bits per heavy atom. The van der Waals surface area contributed by atoms with E-state index < -0.39 is 0 Å². The fraction of sp³-hybridized carbons (Fsp3) is 0.368. The average molecular weight is 340 g/mol. The Morgan fingerprint density at radius 2 is 1.96 bits per heavy atom. The maximum atomic E-state index is 12.7. The first-order valence-electron chi connectivity index (χ1n) is 8.58. The number of hydrogen-bond donors (Lipinski definition) is 2. The summed E-state index contributed by atoms with van der Waals surface area (Å²) in [5, 5.41) is 6.28. The Kier molecular flexibility index (Phi) is 5.50. The van der Waals surface area contributed by atoms with Gasteiger partial charge in [-0.2, -0.15) is 0 Å². The van der Waals surface area contributed by atoms with Crippen molar-refractivity contribution >= 4 is 23.0 Å². The monoisotopic (exact) mass is 340 g/mol. The molecule has 1 aliphatic heterocycles. The number of amides is 1. The van der Waals surface area contributed by atoms with Crippen LogP contribution in [-0.2, 0) is 4.74 Å². The molecule has 0 aliphatic carbocycles. The summed E-state index contributed by atoms with van der Waals surface area (Å²) in [4.78, 5) is 19.1. The van der Waals surface area contributed by atoms with Crippen molar-refractivity contribution in [3.05, 3.63) is 48.3 Å². The van der Waals surface area contributed by atoms with Crippen LogP contribution < -0.4 is 15.5 Å². The lowest BCUT2D eigenvalue weighted by atomic mass is 10.2. The molecule has 25 heavy (non-hydrogen) atoms. The first-order valence-corrected chi connectivity index (χ1v) is 8.58. The second-order valence-electron chi connectivity index (χ2n) is 6.33. The molecule has 0 unspecified atom stereocenters. The van der Waals surface area contributed by atoms with Gasteiger partial charge in [0.15, 0.2) is 0 Å². The molecule has 0 saturated carbocycles. The zero-order chi connectivity index (χ0) is 17.6. The molecule has 6 nitrogen and oxygen atoms in total. The summed E-state index contributed by atoms with van der Waals surface area (Å²) in [6, 6.07) is 9.95. The summed E-state index contributed by atoms with van der Waals surface area (Å²) in [5.74, 6) is -0.166. The van der Waals surface area contributed by atoms with Gasteiger partial charge in [-0.15, -0.1) is 0 Å². The number of hydrogen-bond acceptors (Lipinski definition) is 5. The van der Waals surface area contributed by atoms with E-state index in [1.165, 1.54) is 0 Å². The number of pyridine rings is 1. The van der Waals surface area contributed by atoms with E-state index in [0.29, 0.717) is 18.8 Å². The number of carbonyl (C=O) groups excluding carboxylic acids is 1. The van der Waals surface area contributed by atoms with Crippen molar-refractivity contribution in [2.24, 2.45) is 0 Å². The van der Waals surface area contributed by atoms with Crippen LogP contribution >= 0.6 is 0 Å². The van der Waals surface area contributed by atoms with E-state index >= 15 is 0 Å². The molecule has 132 valence electrons. The molecule has 1 saturated heterocycles. The number of aromatic nitrogens is 1. The number of rotatable bonds is 5. The van der Waals surface area contributed by atoms with Gasteiger partial charge in [-0.3, -0.25) is 9.78 Å². The zero-order valence-electron chi connectivity index (χ0n) is 14.7. The highest BCUT2D eigenvalue weighted by molar-refractivity contribution is 6.06. The number of benzene rings is 1. The van der Waals surface area contributed by atoms with E-state index in [4.69, 9.17) is 4.74 Å². The highest BCUT2D eigenvalue weighted by Gasteiger charge is 2.16. The van der Waals surface area contributed by atoms with Crippen LogP contribution in [-0.4, -0.2) is 43.2 Å². The molecule has 1 aliphatic rings. The van der Waals surface area contributed by atoms with E-state index in [1.807, 2.05) is 44.2 Å². The molecule has 1 aromatic carbocycles. The topological polar surface area (TPSA) is 66.5 Å². The van der Waals surface area contributed by atoms with E-state index in [2.05, 4.69) is 20.5 Å². The van der Waals surface area contributed by atoms with Crippen LogP contribution in [0, 0.1) is 0 Å². The van der Waals surface area contributed by atoms with E-state index in [1.54, 1.807) is 12.4 Å². The highest BCUT2D eigenvalue weighted by atomic mass is 16.5. The molecule has 2 N–H and O–H groups in total. The normalized spacial score (nSPS) is 14.4. The summed E-state index contributed by atoms with van der Waals surface area (Å²) in [5.41, 5.74) is 3.19. The highest BCUT2D eigenvalue weighted by Crippen LogP contribution is 2.27. The van der Waals surface area contributed by atoms with Crippen molar-refractivity contribution in [1.82, 2.24) is 4.98 Å². The lowest BCUT2D eigenvalue weighted by molar-refractivity contribution is 0.102. The van der Waals surface area contributed by atoms with Crippen molar-refractivity contribution in [1.29, 1.82) is 0 Å². The zero-order valence-corrected chi connectivity index (χ0v) is 14.7. The van der Waals surface area contributed by atoms with E-state index in [0.717, 1.165) is 30.2 Å². The quantitative estimate of drug-likeness (QED) is 0.876. The smallest absolute Gasteiger partial charge is 0.257 e. The molecule has 2 heterocycles. The average Bonchev–Trinajstić information content (AvgIpc) is 2.62. The van der Waals surface area contributed by atoms with Crippen LogP contribution in [0.3, 0.4) is 0 Å². The number of para-hydroxylation sites is 2. The number of nitrogens with one attached hydrogen (secondary N) is 2. The van der Waals surface area contributed by atoms with Crippen LogP contribution in [0.1, 0.15) is 24.2 Å². The molecule has 0 radical (unpaired) electrons. The number of anilines is 3. The van der Waals surface area contributed by atoms with E-state index in [9.17, 15) is 4.79 Å². The Balaban J connectivity index is 1.77. The fourth-order valence-corrected chi connectivity index (χ4v) is 2.83. The largest absolute Gasteiger partial charge is 0.382 e. The predicted octanol–water partition coefficient (Wildman–Crippen LogP) is 2.99. The second-order valence-corrected chi connectivity index (χ2v) is 6.33. The number of nitrogens with zero attached hydrogens (tertiary/aromatic N) is 2. The first-order chi connectivity index (χ1) is 12.1. The van der Waals surface area contributed by atoms with Crippen LogP contribution in [0.25, 0.3) is 0 Å². The molecule has 2 aromatic rings. The van der Waals surface area contributed by atoms with Crippen molar-refractivity contribution < 1.29 is 9.53 Å². The summed E-state index contributed by atoms with van der Waals surface area (Å²) in [6.45, 7) is 7.14. The minimum Gasteiger partial charge on any atom is -0.382 e. The van der Waals surface area contributed by atoms with Crippen LogP contribution in [0.2, 0.25) is 0 Å². The summed E-state index contributed by atoms with van der Waals surface area (Å²) in [7, 11) is 0. The maximum absolute atomic E-state index is 12.7. The van der Waals surface area contributed by atoms with Gasteiger partial charge in [-0.05, 0) is 32.0 Å². The second kappa shape index (κ2) is 7.98. The van der Waals surface area contributed by atoms with Gasteiger partial charge >= 0.3 is 0 Å². The standard InChI is InChI=1S/C19H24N4O2/c1-14(2)21-16-11-15(12-20-13-16)19(24)22-17-5-3-4-6-18(17)23-7-9-25-10-8-23/h3-6,11-14,21H,7-10H2,1-2H3,(H,22,24). The Labute approximate surface area is 148 Å². The van der Waals surface area contributed by atoms with Crippen molar-refractivity contribution in [3.8, 4) is 0 Å². The number of ether oxygens (including phenoxy) is 1. The molecule has 1 amide bonds. The van der Waals surface area contributed by atoms with E-state index in [-0.39, 0.29) is 11.9 Å². The van der Waals surface area contributed by atoms with Gasteiger partial charge in [0.05, 0.1) is 35.8 Å². The lowest BCUT2D eigenvalue weighted by Crippen LogP contribution is -2.36. The molecule has 1 aromatic heterocycles. The summed E-state index contributed by atoms with van der Waals surface area (Å²) >= 11 is 0. The van der Waals surface area contributed by atoms with Crippen molar-refractivity contribution in [2.45, 2.75) is 19.9 Å². The van der Waals surface area contributed by atoms with Gasteiger partial charge in [0.2, 0.25) is 0 Å². The Hall–Kier alpha value is -2.60. The summed E-state index contributed by atoms with van der Waals surface area (Å²) in [6.07, 6.45) is 3.30. The van der Waals surface area contributed by atoms with Gasteiger partial charge in [0.25, 0.3) is 5.91 Å². The summed E-state index contributed by atoms with van der Waals surface area (Å²) < 4.78 is 5.41. The van der Waals surface area contributed by atoms with Gasteiger partial charge < -0.3 is 20.3 Å². The maximum Gasteiger partial charge on any atom is 0.257 e. The molecule has 3 rings (SSSR count). The number of carbonyl (C=O) groups is 1. The van der Waals surface area contributed by atoms with Gasteiger partial charge in [0, 0.05) is 31.5 Å². The predicted molar refractivity (Wildman–Crippen MR) is 100 cm³/mol. The molecule has 6 heteroatoms. The van der Waals surface area contributed by atoms with Crippen LogP contribution in [0.4, 0.5) is 17.1 Å². The lowest BCUT2D eigenvalue weighted by Gasteiger charge is -2.30. The Morgan fingerprint density at radius 3 is 2.72 bits per heavy atom. The molecule has 0 spiro atoms. The number of morpholine rings is 1. The van der Waals surface area contributed by atoms with Gasteiger partial charge in [-0.25, -0.2) is 0 Å². The van der Waals surface area contributed by atoms with Gasteiger partial charge in [0.1, 0.15) is 0 Å². The third-order valence-electron chi connectivity index (χ3n) is 3.96. The van der Waals surface area contributed by atoms with Crippen LogP contribution in [0.15, 0.2) is 42.7 Å². The van der Waals surface area contributed by atoms with Gasteiger partial charge in [-0.1, -0.05) is 12.1 Å². The third kappa shape index (κ3) is 4.48. The molecule has 0 bridgehead atoms.